The Kier molecular flexibility index (Phi) is 9.92. The summed E-state index contributed by atoms with van der Waals surface area (Å²) in [7, 11) is 0. The van der Waals surface area contributed by atoms with E-state index < -0.39 is 11.8 Å². The Morgan fingerprint density at radius 2 is 1.33 bits per heavy atom. The van der Waals surface area contributed by atoms with Crippen molar-refractivity contribution < 1.29 is 9.59 Å². The Labute approximate surface area is 129 Å². The number of hydrogen-bond donors (Lipinski definition) is 2. The number of amides is 2. The molecule has 0 aliphatic heterocycles. The molecule has 21 heavy (non-hydrogen) atoms. The van der Waals surface area contributed by atoms with E-state index in [1.807, 2.05) is 0 Å². The van der Waals surface area contributed by atoms with E-state index in [-0.39, 0.29) is 6.04 Å². The van der Waals surface area contributed by atoms with Gasteiger partial charge in [0.15, 0.2) is 0 Å². The van der Waals surface area contributed by atoms with Gasteiger partial charge in [0.25, 0.3) is 0 Å². The van der Waals surface area contributed by atoms with E-state index >= 15 is 0 Å². The van der Waals surface area contributed by atoms with E-state index in [2.05, 4.69) is 17.6 Å². The minimum Gasteiger partial charge on any atom is -0.348 e. The molecule has 2 N–H and O–H groups in total. The van der Waals surface area contributed by atoms with Crippen LogP contribution in [0.2, 0.25) is 0 Å². The maximum absolute atomic E-state index is 11.4. The second-order valence-corrected chi connectivity index (χ2v) is 6.19. The van der Waals surface area contributed by atoms with Gasteiger partial charge in [-0.3, -0.25) is 9.59 Å². The van der Waals surface area contributed by atoms with Crippen molar-refractivity contribution in [1.82, 2.24) is 10.6 Å². The molecule has 2 amide bonds. The van der Waals surface area contributed by atoms with E-state index in [0.29, 0.717) is 6.54 Å². The predicted octanol–water partition coefficient (Wildman–Crippen LogP) is 3.30. The molecule has 0 radical (unpaired) electrons. The highest BCUT2D eigenvalue weighted by Gasteiger charge is 2.25. The summed E-state index contributed by atoms with van der Waals surface area (Å²) in [5.41, 5.74) is 0. The molecule has 122 valence electrons. The van der Waals surface area contributed by atoms with Crippen LogP contribution in [0.4, 0.5) is 0 Å². The summed E-state index contributed by atoms with van der Waals surface area (Å²) in [6.45, 7) is 2.86. The largest absolute Gasteiger partial charge is 0.348 e. The van der Waals surface area contributed by atoms with Crippen molar-refractivity contribution >= 4 is 11.8 Å². The predicted molar refractivity (Wildman–Crippen MR) is 86.0 cm³/mol. The minimum absolute atomic E-state index is 0.251. The lowest BCUT2D eigenvalue weighted by molar-refractivity contribution is -0.139. The fourth-order valence-electron chi connectivity index (χ4n) is 2.37. The zero-order valence-corrected chi connectivity index (χ0v) is 13.6. The monoisotopic (exact) mass is 296 g/mol. The van der Waals surface area contributed by atoms with Crippen molar-refractivity contribution in [2.45, 2.75) is 90.0 Å². The molecule has 0 aromatic rings. The minimum atomic E-state index is -0.474. The fourth-order valence-corrected chi connectivity index (χ4v) is 2.37. The van der Waals surface area contributed by atoms with Crippen LogP contribution >= 0.6 is 0 Å². The summed E-state index contributed by atoms with van der Waals surface area (Å²) in [5, 5.41) is 5.38. The van der Waals surface area contributed by atoms with Crippen LogP contribution in [0, 0.1) is 0 Å². The Morgan fingerprint density at radius 3 is 1.86 bits per heavy atom. The number of hydrogen-bond acceptors (Lipinski definition) is 2. The second-order valence-electron chi connectivity index (χ2n) is 6.19. The van der Waals surface area contributed by atoms with Crippen molar-refractivity contribution in [1.29, 1.82) is 0 Å². The highest BCUT2D eigenvalue weighted by Crippen LogP contribution is 2.18. The average Bonchev–Trinajstić information content (AvgIpc) is 3.28. The molecule has 0 saturated heterocycles. The second kappa shape index (κ2) is 11.6. The van der Waals surface area contributed by atoms with Crippen LogP contribution in [-0.2, 0) is 9.59 Å². The maximum atomic E-state index is 11.4. The molecule has 0 aromatic carbocycles. The summed E-state index contributed by atoms with van der Waals surface area (Å²) in [4.78, 5) is 22.8. The zero-order chi connectivity index (χ0) is 15.3. The van der Waals surface area contributed by atoms with E-state index in [9.17, 15) is 9.59 Å². The quantitative estimate of drug-likeness (QED) is 0.429. The third-order valence-corrected chi connectivity index (χ3v) is 3.93. The smallest absolute Gasteiger partial charge is 0.309 e. The first-order valence-electron chi connectivity index (χ1n) is 8.82. The van der Waals surface area contributed by atoms with Crippen LogP contribution in [0.25, 0.3) is 0 Å². The van der Waals surface area contributed by atoms with Gasteiger partial charge in [0.05, 0.1) is 0 Å². The fraction of sp³-hybridized carbons (Fsp3) is 0.882. The number of rotatable bonds is 12. The normalized spacial score (nSPS) is 14.0. The van der Waals surface area contributed by atoms with Gasteiger partial charge >= 0.3 is 11.8 Å². The first kappa shape index (κ1) is 18.0. The van der Waals surface area contributed by atoms with Gasteiger partial charge in [0.2, 0.25) is 0 Å². The number of carbonyl (C=O) groups excluding carboxylic acids is 2. The lowest BCUT2D eigenvalue weighted by atomic mass is 10.1. The van der Waals surface area contributed by atoms with Gasteiger partial charge in [-0.2, -0.15) is 0 Å². The molecule has 4 heteroatoms. The highest BCUT2D eigenvalue weighted by atomic mass is 16.2. The standard InChI is InChI=1S/C17H32N2O2/c1-2-3-4-5-6-7-8-9-10-11-14-18-16(20)17(21)19-15-12-13-15/h15H,2-14H2,1H3,(H,18,20)(H,19,21). The first-order valence-corrected chi connectivity index (χ1v) is 8.82. The number of nitrogens with one attached hydrogen (secondary N) is 2. The van der Waals surface area contributed by atoms with Gasteiger partial charge in [0.1, 0.15) is 0 Å². The third kappa shape index (κ3) is 10.3. The molecule has 0 aromatic heterocycles. The topological polar surface area (TPSA) is 58.2 Å². The SMILES string of the molecule is CCCCCCCCCCCCNC(=O)C(=O)NC1CC1. The molecule has 1 aliphatic rings. The summed E-state index contributed by atoms with van der Waals surface area (Å²) >= 11 is 0. The molecule has 0 bridgehead atoms. The van der Waals surface area contributed by atoms with Crippen molar-refractivity contribution in [2.75, 3.05) is 6.54 Å². The van der Waals surface area contributed by atoms with Crippen LogP contribution in [0.1, 0.15) is 84.0 Å². The van der Waals surface area contributed by atoms with E-state index in [0.717, 1.165) is 25.7 Å². The molecule has 4 nitrogen and oxygen atoms in total. The summed E-state index contributed by atoms with van der Waals surface area (Å²) in [5.74, 6) is -0.942. The Balaban J connectivity index is 1.79. The summed E-state index contributed by atoms with van der Waals surface area (Å²) < 4.78 is 0. The van der Waals surface area contributed by atoms with Crippen molar-refractivity contribution in [2.24, 2.45) is 0 Å². The molecule has 0 heterocycles. The van der Waals surface area contributed by atoms with Gasteiger partial charge in [-0.05, 0) is 19.3 Å². The summed E-state index contributed by atoms with van der Waals surface area (Å²) in [6.07, 6.45) is 14.8. The molecular weight excluding hydrogens is 264 g/mol. The van der Waals surface area contributed by atoms with E-state index in [4.69, 9.17) is 0 Å². The Hall–Kier alpha value is -1.06. The molecule has 1 rings (SSSR count). The van der Waals surface area contributed by atoms with Gasteiger partial charge in [0, 0.05) is 12.6 Å². The van der Waals surface area contributed by atoms with Crippen LogP contribution < -0.4 is 10.6 Å². The van der Waals surface area contributed by atoms with Crippen LogP contribution in [0.3, 0.4) is 0 Å². The molecular formula is C17H32N2O2. The summed E-state index contributed by atoms with van der Waals surface area (Å²) in [6, 6.07) is 0.251. The lowest BCUT2D eigenvalue weighted by Gasteiger charge is -2.05. The van der Waals surface area contributed by atoms with Crippen LogP contribution in [-0.4, -0.2) is 24.4 Å². The third-order valence-electron chi connectivity index (χ3n) is 3.93. The van der Waals surface area contributed by atoms with E-state index in [1.54, 1.807) is 0 Å². The van der Waals surface area contributed by atoms with Crippen molar-refractivity contribution in [3.05, 3.63) is 0 Å². The van der Waals surface area contributed by atoms with Crippen LogP contribution in [0.15, 0.2) is 0 Å². The average molecular weight is 296 g/mol. The van der Waals surface area contributed by atoms with E-state index in [1.165, 1.54) is 51.4 Å². The molecule has 0 spiro atoms. The van der Waals surface area contributed by atoms with Crippen molar-refractivity contribution in [3.8, 4) is 0 Å². The maximum Gasteiger partial charge on any atom is 0.309 e. The first-order chi connectivity index (χ1) is 10.2. The van der Waals surface area contributed by atoms with Crippen LogP contribution in [0.5, 0.6) is 0 Å². The molecule has 0 atom stereocenters. The number of unbranched alkanes of at least 4 members (excludes halogenated alkanes) is 9. The zero-order valence-electron chi connectivity index (χ0n) is 13.6. The highest BCUT2D eigenvalue weighted by molar-refractivity contribution is 6.35. The van der Waals surface area contributed by atoms with Crippen molar-refractivity contribution in [3.63, 3.8) is 0 Å². The van der Waals surface area contributed by atoms with Gasteiger partial charge in [-0.1, -0.05) is 64.7 Å². The number of carbonyl (C=O) groups is 2. The lowest BCUT2D eigenvalue weighted by Crippen LogP contribution is -2.41. The Morgan fingerprint density at radius 1 is 0.810 bits per heavy atom. The molecule has 1 aliphatic carbocycles. The Bertz CT molecular complexity index is 301. The molecule has 1 fully saturated rings. The van der Waals surface area contributed by atoms with Gasteiger partial charge in [-0.25, -0.2) is 0 Å². The molecule has 1 saturated carbocycles. The van der Waals surface area contributed by atoms with Gasteiger partial charge < -0.3 is 10.6 Å². The van der Waals surface area contributed by atoms with Gasteiger partial charge in [-0.15, -0.1) is 0 Å². The molecule has 0 unspecified atom stereocenters.